The summed E-state index contributed by atoms with van der Waals surface area (Å²) in [5.41, 5.74) is 2.36. The third-order valence-electron chi connectivity index (χ3n) is 3.42. The summed E-state index contributed by atoms with van der Waals surface area (Å²) in [4.78, 5) is 17.9. The number of nitrogens with one attached hydrogen (secondary N) is 1. The van der Waals surface area contributed by atoms with Crippen LogP contribution in [0.5, 0.6) is 0 Å². The topological polar surface area (TPSA) is 85.6 Å². The molecule has 1 amide bonds. The predicted molar refractivity (Wildman–Crippen MR) is 86.6 cm³/mol. The highest BCUT2D eigenvalue weighted by Gasteiger charge is 2.16. The molecule has 7 nitrogen and oxygen atoms in total. The number of carbonyl (C=O) groups excluding carboxylic acids is 1. The number of tetrazole rings is 1. The lowest BCUT2D eigenvalue weighted by Crippen LogP contribution is -2.26. The van der Waals surface area contributed by atoms with Crippen molar-refractivity contribution in [3.8, 4) is 5.69 Å². The highest BCUT2D eigenvalue weighted by atomic mass is 32.1. The Bertz CT molecular complexity index is 809. The van der Waals surface area contributed by atoms with Crippen LogP contribution in [0, 0.1) is 13.8 Å². The molecule has 0 fully saturated rings. The van der Waals surface area contributed by atoms with Crippen molar-refractivity contribution >= 4 is 17.2 Å². The van der Waals surface area contributed by atoms with Gasteiger partial charge in [-0.3, -0.25) is 4.79 Å². The first-order valence-corrected chi connectivity index (χ1v) is 7.94. The van der Waals surface area contributed by atoms with Gasteiger partial charge in [0.15, 0.2) is 0 Å². The zero-order valence-electron chi connectivity index (χ0n) is 13.0. The molecule has 2 heterocycles. The van der Waals surface area contributed by atoms with E-state index in [1.165, 1.54) is 11.0 Å². The molecule has 0 spiro atoms. The molecule has 1 unspecified atom stereocenters. The predicted octanol–water partition coefficient (Wildman–Crippen LogP) is 2.23. The van der Waals surface area contributed by atoms with Crippen LogP contribution in [0.3, 0.4) is 0 Å². The van der Waals surface area contributed by atoms with Gasteiger partial charge < -0.3 is 5.32 Å². The van der Waals surface area contributed by atoms with E-state index < -0.39 is 0 Å². The molecule has 3 aromatic rings. The van der Waals surface area contributed by atoms with Crippen LogP contribution in [0.15, 0.2) is 30.6 Å². The number of amides is 1. The fraction of sp³-hybridized carbons (Fsp3) is 0.267. The maximum atomic E-state index is 12.4. The SMILES string of the molecule is Cc1nc(C)c(C(C)NC(=O)c2ccc(-n3cnnn3)cc2)s1. The Balaban J connectivity index is 1.72. The Morgan fingerprint density at radius 3 is 2.57 bits per heavy atom. The van der Waals surface area contributed by atoms with E-state index in [4.69, 9.17) is 0 Å². The first kappa shape index (κ1) is 15.3. The molecule has 0 aliphatic heterocycles. The average molecular weight is 328 g/mol. The minimum atomic E-state index is -0.119. The van der Waals surface area contributed by atoms with Gasteiger partial charge in [-0.05, 0) is 55.5 Å². The number of nitrogens with zero attached hydrogens (tertiary/aromatic N) is 5. The summed E-state index contributed by atoms with van der Waals surface area (Å²) in [5, 5.41) is 15.0. The molecular weight excluding hydrogens is 312 g/mol. The minimum Gasteiger partial charge on any atom is -0.345 e. The number of aryl methyl sites for hydroxylation is 2. The minimum absolute atomic E-state index is 0.0760. The van der Waals surface area contributed by atoms with E-state index in [9.17, 15) is 4.79 Å². The molecule has 0 aliphatic carbocycles. The van der Waals surface area contributed by atoms with E-state index in [0.717, 1.165) is 21.3 Å². The van der Waals surface area contributed by atoms with Gasteiger partial charge in [0.1, 0.15) is 6.33 Å². The summed E-state index contributed by atoms with van der Waals surface area (Å²) in [6.07, 6.45) is 1.51. The van der Waals surface area contributed by atoms with Crippen molar-refractivity contribution in [2.24, 2.45) is 0 Å². The molecule has 1 atom stereocenters. The molecule has 2 aromatic heterocycles. The van der Waals surface area contributed by atoms with Crippen molar-refractivity contribution in [1.82, 2.24) is 30.5 Å². The van der Waals surface area contributed by atoms with Crippen LogP contribution in [-0.2, 0) is 0 Å². The van der Waals surface area contributed by atoms with E-state index in [-0.39, 0.29) is 11.9 Å². The number of benzene rings is 1. The Morgan fingerprint density at radius 1 is 1.26 bits per heavy atom. The molecule has 8 heteroatoms. The van der Waals surface area contributed by atoms with Crippen LogP contribution in [0.1, 0.15) is 38.9 Å². The number of carbonyl (C=O) groups is 1. The van der Waals surface area contributed by atoms with Gasteiger partial charge in [0.25, 0.3) is 5.91 Å². The van der Waals surface area contributed by atoms with Gasteiger partial charge >= 0.3 is 0 Å². The Morgan fingerprint density at radius 2 is 2.00 bits per heavy atom. The molecule has 3 rings (SSSR count). The largest absolute Gasteiger partial charge is 0.345 e. The third-order valence-corrected chi connectivity index (χ3v) is 4.68. The number of thiazole rings is 1. The van der Waals surface area contributed by atoms with Gasteiger partial charge in [0.2, 0.25) is 0 Å². The maximum absolute atomic E-state index is 12.4. The highest BCUT2D eigenvalue weighted by Crippen LogP contribution is 2.24. The second kappa shape index (κ2) is 6.25. The van der Waals surface area contributed by atoms with Gasteiger partial charge in [0, 0.05) is 10.4 Å². The number of hydrogen-bond donors (Lipinski definition) is 1. The van der Waals surface area contributed by atoms with E-state index >= 15 is 0 Å². The zero-order chi connectivity index (χ0) is 16.4. The van der Waals surface area contributed by atoms with Crippen LogP contribution < -0.4 is 5.32 Å². The molecule has 118 valence electrons. The fourth-order valence-corrected chi connectivity index (χ4v) is 3.27. The van der Waals surface area contributed by atoms with Gasteiger partial charge in [-0.25, -0.2) is 9.67 Å². The zero-order valence-corrected chi connectivity index (χ0v) is 13.8. The quantitative estimate of drug-likeness (QED) is 0.794. The normalized spacial score (nSPS) is 12.1. The number of rotatable bonds is 4. The summed E-state index contributed by atoms with van der Waals surface area (Å²) in [6, 6.07) is 7.04. The van der Waals surface area contributed by atoms with Crippen LogP contribution in [0.2, 0.25) is 0 Å². The Kier molecular flexibility index (Phi) is 4.16. The fourth-order valence-electron chi connectivity index (χ4n) is 2.34. The van der Waals surface area contributed by atoms with Crippen LogP contribution in [0.25, 0.3) is 5.69 Å². The van der Waals surface area contributed by atoms with E-state index in [1.54, 1.807) is 35.6 Å². The molecule has 0 saturated heterocycles. The molecule has 0 saturated carbocycles. The highest BCUT2D eigenvalue weighted by molar-refractivity contribution is 7.11. The van der Waals surface area contributed by atoms with Gasteiger partial charge in [-0.1, -0.05) is 0 Å². The lowest BCUT2D eigenvalue weighted by Gasteiger charge is -2.13. The van der Waals surface area contributed by atoms with Crippen molar-refractivity contribution in [2.45, 2.75) is 26.8 Å². The first-order chi connectivity index (χ1) is 11.0. The van der Waals surface area contributed by atoms with Gasteiger partial charge in [-0.2, -0.15) is 0 Å². The van der Waals surface area contributed by atoms with Gasteiger partial charge in [0.05, 0.1) is 22.4 Å². The van der Waals surface area contributed by atoms with E-state index in [1.807, 2.05) is 20.8 Å². The molecule has 0 radical (unpaired) electrons. The second-order valence-electron chi connectivity index (χ2n) is 5.18. The Hall–Kier alpha value is -2.61. The molecule has 1 aromatic carbocycles. The monoisotopic (exact) mass is 328 g/mol. The lowest BCUT2D eigenvalue weighted by molar-refractivity contribution is 0.0940. The average Bonchev–Trinajstić information content (AvgIpc) is 3.17. The summed E-state index contributed by atoms with van der Waals surface area (Å²) < 4.78 is 1.54. The molecule has 0 aliphatic rings. The van der Waals surface area contributed by atoms with Crippen molar-refractivity contribution in [2.75, 3.05) is 0 Å². The van der Waals surface area contributed by atoms with Gasteiger partial charge in [-0.15, -0.1) is 16.4 Å². The summed E-state index contributed by atoms with van der Waals surface area (Å²) in [7, 11) is 0. The lowest BCUT2D eigenvalue weighted by atomic mass is 10.1. The van der Waals surface area contributed by atoms with Crippen molar-refractivity contribution in [3.63, 3.8) is 0 Å². The summed E-state index contributed by atoms with van der Waals surface area (Å²) >= 11 is 1.61. The summed E-state index contributed by atoms with van der Waals surface area (Å²) in [5.74, 6) is -0.119. The van der Waals surface area contributed by atoms with Crippen LogP contribution in [0.4, 0.5) is 0 Å². The van der Waals surface area contributed by atoms with Crippen LogP contribution in [-0.4, -0.2) is 31.1 Å². The number of aromatic nitrogens is 5. The smallest absolute Gasteiger partial charge is 0.251 e. The maximum Gasteiger partial charge on any atom is 0.251 e. The molecule has 1 N–H and O–H groups in total. The Labute approximate surface area is 137 Å². The van der Waals surface area contributed by atoms with E-state index in [0.29, 0.717) is 5.56 Å². The van der Waals surface area contributed by atoms with Crippen LogP contribution >= 0.6 is 11.3 Å². The standard InChI is InChI=1S/C15H16N6OS/c1-9-14(23-11(3)17-9)10(2)18-15(22)12-4-6-13(7-5-12)21-8-16-19-20-21/h4-8,10H,1-3H3,(H,18,22). The van der Waals surface area contributed by atoms with E-state index in [2.05, 4.69) is 25.8 Å². The first-order valence-electron chi connectivity index (χ1n) is 7.13. The molecule has 0 bridgehead atoms. The third kappa shape index (κ3) is 3.26. The summed E-state index contributed by atoms with van der Waals surface area (Å²) in [6.45, 7) is 5.89. The molecular formula is C15H16N6OS. The van der Waals surface area contributed by atoms with Crippen molar-refractivity contribution in [3.05, 3.63) is 51.7 Å². The molecule has 23 heavy (non-hydrogen) atoms. The number of hydrogen-bond acceptors (Lipinski definition) is 6. The van der Waals surface area contributed by atoms with Crippen molar-refractivity contribution < 1.29 is 4.79 Å². The van der Waals surface area contributed by atoms with Crippen molar-refractivity contribution in [1.29, 1.82) is 0 Å². The second-order valence-corrected chi connectivity index (χ2v) is 6.41.